The van der Waals surface area contributed by atoms with Gasteiger partial charge in [0.1, 0.15) is 5.73 Å². The topological polar surface area (TPSA) is 36.9 Å². The molecule has 0 bridgehead atoms. The zero-order chi connectivity index (χ0) is 11.3. The Kier molecular flexibility index (Phi) is 5.21. The second kappa shape index (κ2) is 5.96. The highest BCUT2D eigenvalue weighted by atomic mass is 28.4. The summed E-state index contributed by atoms with van der Waals surface area (Å²) in [5, 5.41) is 0. The van der Waals surface area contributed by atoms with Gasteiger partial charge < -0.3 is 18.3 Å². The van der Waals surface area contributed by atoms with Crippen molar-refractivity contribution in [2.45, 2.75) is 45.3 Å². The molecule has 0 amide bonds. The second-order valence-electron chi connectivity index (χ2n) is 3.67. The van der Waals surface area contributed by atoms with Crippen LogP contribution in [0.15, 0.2) is 0 Å². The first-order valence-electron chi connectivity index (χ1n) is 5.64. The lowest BCUT2D eigenvalue weighted by atomic mass is 10.3. The summed E-state index contributed by atoms with van der Waals surface area (Å²) in [7, 11) is -0.479. The molecule has 1 rings (SSSR count). The van der Waals surface area contributed by atoms with Crippen molar-refractivity contribution in [1.82, 2.24) is 0 Å². The smallest absolute Gasteiger partial charge is 0.367 e. The Hall–Kier alpha value is 0.0569. The monoisotopic (exact) mass is 234 g/mol. The first-order chi connectivity index (χ1) is 7.18. The van der Waals surface area contributed by atoms with Gasteiger partial charge in [-0.3, -0.25) is 0 Å². The van der Waals surface area contributed by atoms with Crippen molar-refractivity contribution in [2.24, 2.45) is 0 Å². The lowest BCUT2D eigenvalue weighted by Crippen LogP contribution is -2.54. The summed E-state index contributed by atoms with van der Waals surface area (Å²) in [4.78, 5) is 0. The van der Waals surface area contributed by atoms with Gasteiger partial charge in [-0.15, -0.1) is 0 Å². The molecule has 0 aromatic heterocycles. The van der Waals surface area contributed by atoms with E-state index in [-0.39, 0.29) is 12.0 Å². The van der Waals surface area contributed by atoms with Crippen molar-refractivity contribution in [2.75, 3.05) is 20.3 Å². The van der Waals surface area contributed by atoms with Crippen molar-refractivity contribution in [1.29, 1.82) is 0 Å². The minimum atomic E-state index is -2.19. The van der Waals surface area contributed by atoms with E-state index in [1.165, 1.54) is 0 Å². The van der Waals surface area contributed by atoms with Gasteiger partial charge in [-0.25, -0.2) is 0 Å². The zero-order valence-electron chi connectivity index (χ0n) is 10.1. The van der Waals surface area contributed by atoms with Gasteiger partial charge in [0.2, 0.25) is 0 Å². The maximum absolute atomic E-state index is 5.80. The molecule has 15 heavy (non-hydrogen) atoms. The molecule has 1 fully saturated rings. The van der Waals surface area contributed by atoms with E-state index >= 15 is 0 Å². The Balaban J connectivity index is 2.51. The van der Waals surface area contributed by atoms with Gasteiger partial charge in [0.25, 0.3) is 0 Å². The van der Waals surface area contributed by atoms with Crippen LogP contribution in [-0.4, -0.2) is 40.9 Å². The Morgan fingerprint density at radius 3 is 2.47 bits per heavy atom. The van der Waals surface area contributed by atoms with Crippen LogP contribution in [0.4, 0.5) is 0 Å². The number of ether oxygens (including phenoxy) is 2. The predicted octanol–water partition coefficient (Wildman–Crippen LogP) is 1.82. The third kappa shape index (κ3) is 3.01. The summed E-state index contributed by atoms with van der Waals surface area (Å²) in [5.41, 5.74) is 0.0118. The maximum atomic E-state index is 5.80. The van der Waals surface area contributed by atoms with Crippen LogP contribution in [0.1, 0.15) is 27.2 Å². The van der Waals surface area contributed by atoms with Crippen LogP contribution in [0.5, 0.6) is 0 Å². The van der Waals surface area contributed by atoms with Crippen LogP contribution in [-0.2, 0) is 18.3 Å². The fourth-order valence-electron chi connectivity index (χ4n) is 1.77. The summed E-state index contributed by atoms with van der Waals surface area (Å²) in [6.45, 7) is 7.58. The van der Waals surface area contributed by atoms with E-state index in [1.54, 1.807) is 7.11 Å². The van der Waals surface area contributed by atoms with Crippen LogP contribution >= 0.6 is 0 Å². The Morgan fingerprint density at radius 2 is 2.13 bits per heavy atom. The molecule has 5 heteroatoms. The van der Waals surface area contributed by atoms with Crippen molar-refractivity contribution in [3.05, 3.63) is 0 Å². The molecule has 3 atom stereocenters. The quantitative estimate of drug-likeness (QED) is 0.630. The zero-order valence-corrected chi connectivity index (χ0v) is 11.1. The minimum absolute atomic E-state index is 0.0118. The molecular weight excluding hydrogens is 212 g/mol. The molecule has 0 aromatic rings. The average molecular weight is 234 g/mol. The van der Waals surface area contributed by atoms with Gasteiger partial charge in [0, 0.05) is 20.1 Å². The fourth-order valence-corrected chi connectivity index (χ4v) is 4.37. The van der Waals surface area contributed by atoms with Crippen LogP contribution in [0.2, 0.25) is 6.04 Å². The molecule has 0 aromatic carbocycles. The van der Waals surface area contributed by atoms with Crippen molar-refractivity contribution in [3.63, 3.8) is 0 Å². The molecule has 0 N–H and O–H groups in total. The lowest BCUT2D eigenvalue weighted by Gasteiger charge is -2.37. The summed E-state index contributed by atoms with van der Waals surface area (Å²) >= 11 is 0. The summed E-state index contributed by atoms with van der Waals surface area (Å²) in [5.74, 6) is 0. The molecular formula is C10H22O4Si. The first kappa shape index (κ1) is 13.1. The molecule has 0 aliphatic carbocycles. The lowest BCUT2D eigenvalue weighted by molar-refractivity contribution is -0.225. The third-order valence-electron chi connectivity index (χ3n) is 2.86. The van der Waals surface area contributed by atoms with E-state index in [0.29, 0.717) is 6.61 Å². The summed E-state index contributed by atoms with van der Waals surface area (Å²) < 4.78 is 22.4. The van der Waals surface area contributed by atoms with Crippen LogP contribution < -0.4 is 0 Å². The first-order valence-corrected chi connectivity index (χ1v) is 7.74. The molecule has 1 saturated heterocycles. The van der Waals surface area contributed by atoms with E-state index in [1.807, 2.05) is 13.8 Å². The highest BCUT2D eigenvalue weighted by molar-refractivity contribution is 6.68. The van der Waals surface area contributed by atoms with Gasteiger partial charge in [0.15, 0.2) is 6.29 Å². The highest BCUT2D eigenvalue weighted by Gasteiger charge is 2.43. The van der Waals surface area contributed by atoms with E-state index < -0.39 is 8.56 Å². The van der Waals surface area contributed by atoms with E-state index in [2.05, 4.69) is 6.92 Å². The number of hydrogen-bond donors (Lipinski definition) is 0. The Bertz CT molecular complexity index is 180. The van der Waals surface area contributed by atoms with Gasteiger partial charge in [-0.2, -0.15) is 0 Å². The largest absolute Gasteiger partial charge is 0.396 e. The molecule has 0 spiro atoms. The number of rotatable bonds is 7. The molecule has 1 aliphatic rings. The van der Waals surface area contributed by atoms with E-state index in [9.17, 15) is 0 Å². The van der Waals surface area contributed by atoms with Gasteiger partial charge >= 0.3 is 8.56 Å². The molecule has 90 valence electrons. The normalized spacial score (nSPS) is 26.8. The molecule has 3 unspecified atom stereocenters. The van der Waals surface area contributed by atoms with Crippen LogP contribution in [0.3, 0.4) is 0 Å². The van der Waals surface area contributed by atoms with Crippen molar-refractivity contribution >= 4 is 8.56 Å². The molecule has 0 radical (unpaired) electrons. The maximum Gasteiger partial charge on any atom is 0.367 e. The Labute approximate surface area is 93.1 Å². The van der Waals surface area contributed by atoms with E-state index in [0.717, 1.165) is 19.1 Å². The number of hydrogen-bond acceptors (Lipinski definition) is 4. The molecule has 1 heterocycles. The predicted molar refractivity (Wildman–Crippen MR) is 59.8 cm³/mol. The van der Waals surface area contributed by atoms with Crippen LogP contribution in [0.25, 0.3) is 0 Å². The third-order valence-corrected chi connectivity index (χ3v) is 6.69. The van der Waals surface area contributed by atoms with Gasteiger partial charge in [-0.05, 0) is 19.9 Å². The summed E-state index contributed by atoms with van der Waals surface area (Å²) in [6, 6.07) is 0.894. The SMILES string of the molecule is CCO[Si](CC)(OC)C(C)OC1CCO1. The van der Waals surface area contributed by atoms with E-state index in [4.69, 9.17) is 18.3 Å². The van der Waals surface area contributed by atoms with Gasteiger partial charge in [-0.1, -0.05) is 6.92 Å². The molecule has 1 aliphatic heterocycles. The van der Waals surface area contributed by atoms with Crippen molar-refractivity contribution in [3.8, 4) is 0 Å². The standard InChI is InChI=1S/C10H22O4Si/c1-5-13-15(6-2,11-4)9(3)14-10-7-8-12-10/h9-10H,5-8H2,1-4H3. The second-order valence-corrected chi connectivity index (χ2v) is 7.51. The fraction of sp³-hybridized carbons (Fsp3) is 1.00. The molecule has 4 nitrogen and oxygen atoms in total. The Morgan fingerprint density at radius 1 is 1.47 bits per heavy atom. The van der Waals surface area contributed by atoms with Gasteiger partial charge in [0.05, 0.1) is 6.61 Å². The van der Waals surface area contributed by atoms with Crippen molar-refractivity contribution < 1.29 is 18.3 Å². The average Bonchev–Trinajstić information content (AvgIpc) is 2.20. The van der Waals surface area contributed by atoms with Crippen LogP contribution in [0, 0.1) is 0 Å². The highest BCUT2D eigenvalue weighted by Crippen LogP contribution is 2.24. The molecule has 0 saturated carbocycles. The summed E-state index contributed by atoms with van der Waals surface area (Å²) in [6.07, 6.45) is 0.933. The minimum Gasteiger partial charge on any atom is -0.396 e.